The predicted molar refractivity (Wildman–Crippen MR) is 61.9 cm³/mol. The molecule has 0 aromatic carbocycles. The molecule has 1 unspecified atom stereocenters. The summed E-state index contributed by atoms with van der Waals surface area (Å²) in [7, 11) is 0. The van der Waals surface area contributed by atoms with Gasteiger partial charge in [-0.3, -0.25) is 4.79 Å². The van der Waals surface area contributed by atoms with Crippen molar-refractivity contribution in [3.8, 4) is 0 Å². The molecule has 0 radical (unpaired) electrons. The number of carbonyl (C=O) groups is 1. The van der Waals surface area contributed by atoms with Crippen molar-refractivity contribution in [2.45, 2.75) is 18.7 Å². The van der Waals surface area contributed by atoms with E-state index in [0.29, 0.717) is 18.0 Å². The number of hydrogen-bond donors (Lipinski definition) is 1. The van der Waals surface area contributed by atoms with Crippen LogP contribution in [0, 0.1) is 5.92 Å². The topological polar surface area (TPSA) is 54.9 Å². The van der Waals surface area contributed by atoms with Crippen molar-refractivity contribution >= 4 is 21.8 Å². The zero-order valence-electron chi connectivity index (χ0n) is 8.77. The highest BCUT2D eigenvalue weighted by molar-refractivity contribution is 9.09. The van der Waals surface area contributed by atoms with Gasteiger partial charge >= 0.3 is 0 Å². The fourth-order valence-electron chi connectivity index (χ4n) is 0.944. The summed E-state index contributed by atoms with van der Waals surface area (Å²) >= 11 is 3.50. The van der Waals surface area contributed by atoms with Gasteiger partial charge in [0.05, 0.1) is 5.56 Å². The van der Waals surface area contributed by atoms with Gasteiger partial charge in [0.25, 0.3) is 5.91 Å². The number of hydrogen-bond acceptors (Lipinski definition) is 3. The first-order chi connectivity index (χ1) is 7.11. The summed E-state index contributed by atoms with van der Waals surface area (Å²) in [6.45, 7) is 4.79. The van der Waals surface area contributed by atoms with Gasteiger partial charge in [0.1, 0.15) is 6.33 Å². The summed E-state index contributed by atoms with van der Waals surface area (Å²) in [6, 6.07) is 0. The molecule has 0 bridgehead atoms. The third-order valence-electron chi connectivity index (χ3n) is 2.00. The van der Waals surface area contributed by atoms with E-state index in [0.717, 1.165) is 0 Å². The van der Waals surface area contributed by atoms with Crippen LogP contribution in [0.4, 0.5) is 0 Å². The SMILES string of the molecule is CC(C)C(Br)CNC(=O)c1cncnc1. The van der Waals surface area contributed by atoms with Gasteiger partial charge in [-0.05, 0) is 5.92 Å². The predicted octanol–water partition coefficient (Wildman–Crippen LogP) is 1.63. The van der Waals surface area contributed by atoms with Crippen LogP contribution < -0.4 is 5.32 Å². The molecule has 0 aliphatic heterocycles. The molecule has 0 aliphatic rings. The Morgan fingerprint density at radius 2 is 2.07 bits per heavy atom. The molecule has 1 atom stereocenters. The molecule has 5 heteroatoms. The second-order valence-electron chi connectivity index (χ2n) is 3.60. The quantitative estimate of drug-likeness (QED) is 0.847. The summed E-state index contributed by atoms with van der Waals surface area (Å²) in [4.78, 5) is 19.4. The summed E-state index contributed by atoms with van der Waals surface area (Å²) in [5, 5.41) is 2.81. The lowest BCUT2D eigenvalue weighted by molar-refractivity contribution is 0.0952. The van der Waals surface area contributed by atoms with Gasteiger partial charge in [-0.2, -0.15) is 0 Å². The standard InChI is InChI=1S/C10H14BrN3O/c1-7(2)9(11)5-14-10(15)8-3-12-6-13-4-8/h3-4,6-7,9H,5H2,1-2H3,(H,14,15). The Labute approximate surface area is 97.6 Å². The zero-order chi connectivity index (χ0) is 11.3. The number of rotatable bonds is 4. The number of carbonyl (C=O) groups excluding carboxylic acids is 1. The summed E-state index contributed by atoms with van der Waals surface area (Å²) in [5.74, 6) is 0.345. The Morgan fingerprint density at radius 3 is 2.60 bits per heavy atom. The third-order valence-corrected chi connectivity index (χ3v) is 3.38. The maximum Gasteiger partial charge on any atom is 0.254 e. The van der Waals surface area contributed by atoms with Crippen LogP contribution in [0.2, 0.25) is 0 Å². The first-order valence-electron chi connectivity index (χ1n) is 4.78. The molecular weight excluding hydrogens is 258 g/mol. The average Bonchev–Trinajstić information content (AvgIpc) is 2.26. The Hall–Kier alpha value is -0.970. The van der Waals surface area contributed by atoms with Crippen LogP contribution in [-0.2, 0) is 0 Å². The van der Waals surface area contributed by atoms with Crippen LogP contribution in [0.5, 0.6) is 0 Å². The highest BCUT2D eigenvalue weighted by Gasteiger charge is 2.11. The smallest absolute Gasteiger partial charge is 0.254 e. The highest BCUT2D eigenvalue weighted by atomic mass is 79.9. The van der Waals surface area contributed by atoms with E-state index in [1.807, 2.05) is 0 Å². The van der Waals surface area contributed by atoms with Gasteiger partial charge < -0.3 is 5.32 Å². The number of amides is 1. The van der Waals surface area contributed by atoms with E-state index in [4.69, 9.17) is 0 Å². The summed E-state index contributed by atoms with van der Waals surface area (Å²) < 4.78 is 0. The molecular formula is C10H14BrN3O. The first-order valence-corrected chi connectivity index (χ1v) is 5.70. The van der Waals surface area contributed by atoms with E-state index >= 15 is 0 Å². The van der Waals surface area contributed by atoms with Crippen LogP contribution in [0.25, 0.3) is 0 Å². The molecule has 0 aliphatic carbocycles. The Morgan fingerprint density at radius 1 is 1.47 bits per heavy atom. The van der Waals surface area contributed by atoms with Crippen molar-refractivity contribution in [2.24, 2.45) is 5.92 Å². The largest absolute Gasteiger partial charge is 0.351 e. The van der Waals surface area contributed by atoms with E-state index in [1.54, 1.807) is 0 Å². The van der Waals surface area contributed by atoms with E-state index in [2.05, 4.69) is 45.1 Å². The molecule has 4 nitrogen and oxygen atoms in total. The minimum atomic E-state index is -0.138. The van der Waals surface area contributed by atoms with Crippen LogP contribution in [0.3, 0.4) is 0 Å². The van der Waals surface area contributed by atoms with E-state index in [-0.39, 0.29) is 10.7 Å². The molecule has 1 amide bonds. The van der Waals surface area contributed by atoms with Crippen molar-refractivity contribution in [2.75, 3.05) is 6.54 Å². The minimum absolute atomic E-state index is 0.138. The molecule has 0 spiro atoms. The zero-order valence-corrected chi connectivity index (χ0v) is 10.4. The second-order valence-corrected chi connectivity index (χ2v) is 4.77. The van der Waals surface area contributed by atoms with Crippen LogP contribution in [0.15, 0.2) is 18.7 Å². The normalized spacial score (nSPS) is 12.5. The fourth-order valence-corrected chi connectivity index (χ4v) is 1.11. The van der Waals surface area contributed by atoms with Gasteiger partial charge in [0.2, 0.25) is 0 Å². The number of nitrogens with one attached hydrogen (secondary N) is 1. The maximum atomic E-state index is 11.6. The molecule has 1 aromatic rings. The maximum absolute atomic E-state index is 11.6. The molecule has 82 valence electrons. The van der Waals surface area contributed by atoms with Crippen LogP contribution in [-0.4, -0.2) is 27.2 Å². The Balaban J connectivity index is 2.44. The summed E-state index contributed by atoms with van der Waals surface area (Å²) in [5.41, 5.74) is 0.487. The molecule has 1 N–H and O–H groups in total. The molecule has 0 saturated carbocycles. The molecule has 0 fully saturated rings. The van der Waals surface area contributed by atoms with Crippen molar-refractivity contribution in [3.63, 3.8) is 0 Å². The Kier molecular flexibility index (Phi) is 4.68. The van der Waals surface area contributed by atoms with Crippen LogP contribution >= 0.6 is 15.9 Å². The second kappa shape index (κ2) is 5.80. The van der Waals surface area contributed by atoms with E-state index < -0.39 is 0 Å². The molecule has 1 aromatic heterocycles. The van der Waals surface area contributed by atoms with Crippen molar-refractivity contribution < 1.29 is 4.79 Å². The highest BCUT2D eigenvalue weighted by Crippen LogP contribution is 2.10. The Bertz CT molecular complexity index is 316. The lowest BCUT2D eigenvalue weighted by atomic mass is 10.1. The molecule has 15 heavy (non-hydrogen) atoms. The van der Waals surface area contributed by atoms with Crippen molar-refractivity contribution in [3.05, 3.63) is 24.3 Å². The number of alkyl halides is 1. The number of nitrogens with zero attached hydrogens (tertiary/aromatic N) is 2. The van der Waals surface area contributed by atoms with Gasteiger partial charge in [-0.1, -0.05) is 29.8 Å². The first kappa shape index (κ1) is 12.1. The van der Waals surface area contributed by atoms with E-state index in [1.165, 1.54) is 18.7 Å². The monoisotopic (exact) mass is 271 g/mol. The third kappa shape index (κ3) is 3.95. The van der Waals surface area contributed by atoms with Crippen molar-refractivity contribution in [1.29, 1.82) is 0 Å². The van der Waals surface area contributed by atoms with Gasteiger partial charge in [-0.15, -0.1) is 0 Å². The minimum Gasteiger partial charge on any atom is -0.351 e. The lowest BCUT2D eigenvalue weighted by Gasteiger charge is -2.14. The fraction of sp³-hybridized carbons (Fsp3) is 0.500. The van der Waals surface area contributed by atoms with Gasteiger partial charge in [0, 0.05) is 23.8 Å². The number of halogens is 1. The summed E-state index contributed by atoms with van der Waals surface area (Å²) in [6.07, 6.45) is 4.40. The van der Waals surface area contributed by atoms with Gasteiger partial charge in [-0.25, -0.2) is 9.97 Å². The van der Waals surface area contributed by atoms with Crippen molar-refractivity contribution in [1.82, 2.24) is 15.3 Å². The molecule has 1 heterocycles. The average molecular weight is 272 g/mol. The molecule has 1 rings (SSSR count). The lowest BCUT2D eigenvalue weighted by Crippen LogP contribution is -2.31. The van der Waals surface area contributed by atoms with Crippen LogP contribution in [0.1, 0.15) is 24.2 Å². The molecule has 0 saturated heterocycles. The van der Waals surface area contributed by atoms with Gasteiger partial charge in [0.15, 0.2) is 0 Å². The number of aromatic nitrogens is 2. The van der Waals surface area contributed by atoms with E-state index in [9.17, 15) is 4.79 Å².